The normalized spacial score (nSPS) is 27.8. The van der Waals surface area contributed by atoms with E-state index in [0.717, 1.165) is 11.5 Å². The van der Waals surface area contributed by atoms with Crippen LogP contribution in [0.2, 0.25) is 0 Å². The van der Waals surface area contributed by atoms with E-state index in [9.17, 15) is 0 Å². The van der Waals surface area contributed by atoms with Crippen LogP contribution >= 0.6 is 15.9 Å². The van der Waals surface area contributed by atoms with Crippen LogP contribution in [0.3, 0.4) is 0 Å². The summed E-state index contributed by atoms with van der Waals surface area (Å²) in [6.45, 7) is 1.33. The van der Waals surface area contributed by atoms with Crippen LogP contribution in [-0.2, 0) is 0 Å². The summed E-state index contributed by atoms with van der Waals surface area (Å²) < 4.78 is 11.2. The molecule has 3 rings (SSSR count). The van der Waals surface area contributed by atoms with Gasteiger partial charge in [-0.3, -0.25) is 0 Å². The van der Waals surface area contributed by atoms with Gasteiger partial charge in [-0.1, -0.05) is 28.4 Å². The van der Waals surface area contributed by atoms with E-state index in [-0.39, 0.29) is 0 Å². The summed E-state index contributed by atoms with van der Waals surface area (Å²) in [5.41, 5.74) is 1.40. The molecule has 1 aliphatic heterocycles. The number of ether oxygens (including phenoxy) is 2. The Balaban J connectivity index is 1.83. The third-order valence-corrected chi connectivity index (χ3v) is 4.48. The molecule has 17 heavy (non-hydrogen) atoms. The number of fused-ring (bicyclic) bond motifs is 1. The van der Waals surface area contributed by atoms with Crippen LogP contribution < -0.4 is 9.47 Å². The molecule has 0 amide bonds. The minimum absolute atomic E-state index is 0.666. The zero-order valence-electron chi connectivity index (χ0n) is 9.82. The van der Waals surface area contributed by atoms with Gasteiger partial charge in [-0.25, -0.2) is 0 Å². The van der Waals surface area contributed by atoms with Crippen molar-refractivity contribution in [3.05, 3.63) is 23.8 Å². The van der Waals surface area contributed by atoms with E-state index in [0.29, 0.717) is 24.0 Å². The lowest BCUT2D eigenvalue weighted by Crippen LogP contribution is -2.17. The maximum absolute atomic E-state index is 5.65. The summed E-state index contributed by atoms with van der Waals surface area (Å²) in [5.74, 6) is 2.49. The molecule has 2 atom stereocenters. The Kier molecular flexibility index (Phi) is 3.28. The first kappa shape index (κ1) is 11.4. The van der Waals surface area contributed by atoms with E-state index < -0.39 is 0 Å². The van der Waals surface area contributed by atoms with Crippen LogP contribution in [0.25, 0.3) is 0 Å². The maximum atomic E-state index is 5.65. The minimum atomic E-state index is 0.666. The Morgan fingerprint density at radius 3 is 2.71 bits per heavy atom. The van der Waals surface area contributed by atoms with Crippen molar-refractivity contribution >= 4 is 15.9 Å². The van der Waals surface area contributed by atoms with Crippen LogP contribution in [0.15, 0.2) is 18.2 Å². The molecule has 2 nitrogen and oxygen atoms in total. The number of benzene rings is 1. The van der Waals surface area contributed by atoms with Crippen LogP contribution in [0.4, 0.5) is 0 Å². The second-order valence-corrected chi connectivity index (χ2v) is 6.16. The zero-order valence-corrected chi connectivity index (χ0v) is 11.4. The summed E-state index contributed by atoms with van der Waals surface area (Å²) in [4.78, 5) is 0.675. The number of hydrogen-bond acceptors (Lipinski definition) is 2. The fourth-order valence-electron chi connectivity index (χ4n) is 2.75. The fraction of sp³-hybridized carbons (Fsp3) is 0.571. The average Bonchev–Trinajstić information content (AvgIpc) is 2.38. The fourth-order valence-corrected chi connectivity index (χ4v) is 3.52. The van der Waals surface area contributed by atoms with Crippen LogP contribution in [0, 0.1) is 0 Å². The van der Waals surface area contributed by atoms with Crippen molar-refractivity contribution in [2.24, 2.45) is 0 Å². The third-order valence-electron chi connectivity index (χ3n) is 3.65. The van der Waals surface area contributed by atoms with E-state index in [1.165, 1.54) is 31.2 Å². The van der Waals surface area contributed by atoms with E-state index in [1.807, 2.05) is 0 Å². The molecule has 0 N–H and O–H groups in total. The lowest BCUT2D eigenvalue weighted by atomic mass is 9.84. The molecule has 1 heterocycles. The van der Waals surface area contributed by atoms with Gasteiger partial charge in [0.2, 0.25) is 0 Å². The molecule has 0 saturated heterocycles. The van der Waals surface area contributed by atoms with E-state index in [1.54, 1.807) is 0 Å². The Labute approximate surface area is 110 Å². The van der Waals surface area contributed by atoms with Gasteiger partial charge in [0, 0.05) is 4.83 Å². The van der Waals surface area contributed by atoms with Gasteiger partial charge in [-0.2, -0.15) is 0 Å². The van der Waals surface area contributed by atoms with E-state index in [2.05, 4.69) is 34.1 Å². The molecule has 1 aliphatic carbocycles. The smallest absolute Gasteiger partial charge is 0.161 e. The molecular weight excluding hydrogens is 280 g/mol. The van der Waals surface area contributed by atoms with Gasteiger partial charge >= 0.3 is 0 Å². The molecule has 1 fully saturated rings. The Morgan fingerprint density at radius 2 is 1.88 bits per heavy atom. The lowest BCUT2D eigenvalue weighted by Gasteiger charge is -2.27. The number of rotatable bonds is 1. The summed E-state index contributed by atoms with van der Waals surface area (Å²) in [6, 6.07) is 6.43. The molecule has 0 bridgehead atoms. The number of hydrogen-bond donors (Lipinski definition) is 0. The predicted molar refractivity (Wildman–Crippen MR) is 71.4 cm³/mol. The second kappa shape index (κ2) is 4.89. The molecule has 0 spiro atoms. The summed E-state index contributed by atoms with van der Waals surface area (Å²) in [6.07, 6.45) is 5.15. The van der Waals surface area contributed by atoms with Gasteiger partial charge in [0.15, 0.2) is 11.5 Å². The first-order chi connectivity index (χ1) is 8.33. The molecule has 3 heteroatoms. The number of alkyl halides is 1. The predicted octanol–water partition coefficient (Wildman–Crippen LogP) is 3.88. The number of halogens is 1. The molecular formula is C14H17BrO2. The van der Waals surface area contributed by atoms with Gasteiger partial charge in [0.25, 0.3) is 0 Å². The van der Waals surface area contributed by atoms with Crippen LogP contribution in [0.1, 0.15) is 37.2 Å². The molecule has 2 aliphatic rings. The van der Waals surface area contributed by atoms with Crippen molar-refractivity contribution in [3.63, 3.8) is 0 Å². The van der Waals surface area contributed by atoms with Gasteiger partial charge in [0.1, 0.15) is 13.2 Å². The third kappa shape index (κ3) is 2.44. The standard InChI is InChI=1S/C14H17BrO2/c15-12-3-1-2-10(8-12)11-4-5-13-14(9-11)17-7-6-16-13/h4-5,9-10,12H,1-3,6-8H2. The Bertz CT molecular complexity index is 405. The first-order valence-electron chi connectivity index (χ1n) is 6.36. The van der Waals surface area contributed by atoms with E-state index in [4.69, 9.17) is 9.47 Å². The van der Waals surface area contributed by atoms with Crippen molar-refractivity contribution in [2.45, 2.75) is 36.4 Å². The molecule has 2 unspecified atom stereocenters. The Morgan fingerprint density at radius 1 is 1.06 bits per heavy atom. The van der Waals surface area contributed by atoms with Crippen molar-refractivity contribution < 1.29 is 9.47 Å². The molecule has 1 aromatic rings. The highest BCUT2D eigenvalue weighted by molar-refractivity contribution is 9.09. The van der Waals surface area contributed by atoms with Crippen molar-refractivity contribution in [1.29, 1.82) is 0 Å². The summed E-state index contributed by atoms with van der Waals surface area (Å²) >= 11 is 3.74. The molecule has 92 valence electrons. The molecule has 0 radical (unpaired) electrons. The highest BCUT2D eigenvalue weighted by Gasteiger charge is 2.23. The topological polar surface area (TPSA) is 18.5 Å². The van der Waals surface area contributed by atoms with Crippen molar-refractivity contribution in [1.82, 2.24) is 0 Å². The quantitative estimate of drug-likeness (QED) is 0.732. The molecule has 0 aromatic heterocycles. The van der Waals surface area contributed by atoms with Gasteiger partial charge < -0.3 is 9.47 Å². The SMILES string of the molecule is BrC1CCCC(c2ccc3c(c2)OCCO3)C1. The summed E-state index contributed by atoms with van der Waals surface area (Å²) in [7, 11) is 0. The molecule has 1 saturated carbocycles. The highest BCUT2D eigenvalue weighted by Crippen LogP contribution is 2.39. The van der Waals surface area contributed by atoms with Gasteiger partial charge in [0.05, 0.1) is 0 Å². The van der Waals surface area contributed by atoms with E-state index >= 15 is 0 Å². The second-order valence-electron chi connectivity index (χ2n) is 4.86. The Hall–Kier alpha value is -0.700. The highest BCUT2D eigenvalue weighted by atomic mass is 79.9. The summed E-state index contributed by atoms with van der Waals surface area (Å²) in [5, 5.41) is 0. The zero-order chi connectivity index (χ0) is 11.7. The maximum Gasteiger partial charge on any atom is 0.161 e. The first-order valence-corrected chi connectivity index (χ1v) is 7.28. The van der Waals surface area contributed by atoms with Crippen LogP contribution in [0.5, 0.6) is 11.5 Å². The lowest BCUT2D eigenvalue weighted by molar-refractivity contribution is 0.171. The van der Waals surface area contributed by atoms with Gasteiger partial charge in [-0.15, -0.1) is 0 Å². The van der Waals surface area contributed by atoms with Gasteiger partial charge in [-0.05, 0) is 42.9 Å². The van der Waals surface area contributed by atoms with Crippen LogP contribution in [-0.4, -0.2) is 18.0 Å². The monoisotopic (exact) mass is 296 g/mol. The molecule has 1 aromatic carbocycles. The largest absolute Gasteiger partial charge is 0.486 e. The average molecular weight is 297 g/mol. The van der Waals surface area contributed by atoms with Crippen molar-refractivity contribution in [2.75, 3.05) is 13.2 Å². The van der Waals surface area contributed by atoms with Crippen molar-refractivity contribution in [3.8, 4) is 11.5 Å². The minimum Gasteiger partial charge on any atom is -0.486 e.